The lowest BCUT2D eigenvalue weighted by molar-refractivity contribution is -0.119. The molecule has 1 fully saturated rings. The van der Waals surface area contributed by atoms with Gasteiger partial charge in [0.1, 0.15) is 6.54 Å². The number of Topliss-reactive ketones (excluding diaryl/α,β-unsaturated/α-hetero) is 1. The first-order chi connectivity index (χ1) is 14.0. The second-order valence-corrected chi connectivity index (χ2v) is 8.26. The fourth-order valence-electron chi connectivity index (χ4n) is 3.37. The molecule has 1 aromatic heterocycles. The lowest BCUT2D eigenvalue weighted by atomic mass is 10.1. The van der Waals surface area contributed by atoms with Gasteiger partial charge in [0, 0.05) is 28.1 Å². The molecule has 5 nitrogen and oxygen atoms in total. The topological polar surface area (TPSA) is 56.9 Å². The molecule has 0 bridgehead atoms. The van der Waals surface area contributed by atoms with Crippen LogP contribution in [0, 0.1) is 0 Å². The molecule has 29 heavy (non-hydrogen) atoms. The van der Waals surface area contributed by atoms with Gasteiger partial charge in [0.2, 0.25) is 0 Å². The Morgan fingerprint density at radius 2 is 1.62 bits per heavy atom. The number of rotatable bonds is 8. The second kappa shape index (κ2) is 8.56. The van der Waals surface area contributed by atoms with Gasteiger partial charge in [-0.05, 0) is 67.6 Å². The van der Waals surface area contributed by atoms with Crippen LogP contribution in [0.2, 0.25) is 10.0 Å². The molecule has 150 valence electrons. The quantitative estimate of drug-likeness (QED) is 0.509. The van der Waals surface area contributed by atoms with Crippen LogP contribution in [-0.4, -0.2) is 20.1 Å². The molecule has 3 aromatic rings. The van der Waals surface area contributed by atoms with Crippen molar-refractivity contribution in [3.63, 3.8) is 0 Å². The van der Waals surface area contributed by atoms with Gasteiger partial charge in [-0.25, -0.2) is 9.48 Å². The van der Waals surface area contributed by atoms with E-state index >= 15 is 0 Å². The molecule has 0 spiro atoms. The Kier molecular flexibility index (Phi) is 5.88. The van der Waals surface area contributed by atoms with Crippen LogP contribution in [0.4, 0.5) is 0 Å². The summed E-state index contributed by atoms with van der Waals surface area (Å²) in [6.07, 6.45) is 3.84. The number of ketones is 1. The predicted octanol–water partition coefficient (Wildman–Crippen LogP) is 4.95. The SMILES string of the molecule is O=C(CCCc1ccc(Cl)cc1)Cn1nc(-c2ccc(Cl)cc2)n(C2CC2)c1=O. The van der Waals surface area contributed by atoms with Gasteiger partial charge in [0.15, 0.2) is 11.6 Å². The Morgan fingerprint density at radius 3 is 2.24 bits per heavy atom. The highest BCUT2D eigenvalue weighted by Gasteiger charge is 2.30. The standard InChI is InChI=1S/C22H21Cl2N3O2/c23-17-8-4-15(5-9-17)2-1-3-20(28)14-26-22(29)27(19-12-13-19)21(25-26)16-6-10-18(24)11-7-16/h4-11,19H,1-3,12-14H2. The van der Waals surface area contributed by atoms with E-state index in [9.17, 15) is 9.59 Å². The van der Waals surface area contributed by atoms with Crippen molar-refractivity contribution < 1.29 is 4.79 Å². The van der Waals surface area contributed by atoms with E-state index in [0.717, 1.165) is 36.8 Å². The maximum Gasteiger partial charge on any atom is 0.346 e. The largest absolute Gasteiger partial charge is 0.346 e. The fraction of sp³-hybridized carbons (Fsp3) is 0.318. The van der Waals surface area contributed by atoms with Crippen LogP contribution in [0.1, 0.15) is 37.3 Å². The van der Waals surface area contributed by atoms with Gasteiger partial charge < -0.3 is 0 Å². The van der Waals surface area contributed by atoms with E-state index in [0.29, 0.717) is 22.3 Å². The van der Waals surface area contributed by atoms with Gasteiger partial charge in [0.25, 0.3) is 0 Å². The smallest absolute Gasteiger partial charge is 0.298 e. The number of nitrogens with zero attached hydrogens (tertiary/aromatic N) is 3. The Balaban J connectivity index is 1.45. The number of carbonyl (C=O) groups excluding carboxylic acids is 1. The van der Waals surface area contributed by atoms with Gasteiger partial charge in [-0.2, -0.15) is 0 Å². The molecule has 2 aromatic carbocycles. The van der Waals surface area contributed by atoms with Crippen molar-refractivity contribution in [2.75, 3.05) is 0 Å². The van der Waals surface area contributed by atoms with Crippen molar-refractivity contribution in [3.8, 4) is 11.4 Å². The van der Waals surface area contributed by atoms with Crippen LogP contribution in [0.5, 0.6) is 0 Å². The molecule has 0 unspecified atom stereocenters. The molecule has 4 rings (SSSR count). The normalized spacial score (nSPS) is 13.6. The maximum absolute atomic E-state index is 12.8. The third-order valence-electron chi connectivity index (χ3n) is 5.05. The molecule has 0 saturated heterocycles. The molecule has 1 heterocycles. The highest BCUT2D eigenvalue weighted by Crippen LogP contribution is 2.36. The Bertz CT molecular complexity index is 1060. The van der Waals surface area contributed by atoms with Crippen LogP contribution in [0.15, 0.2) is 53.3 Å². The number of aryl methyl sites for hydroxylation is 1. The predicted molar refractivity (Wildman–Crippen MR) is 115 cm³/mol. The molecule has 0 radical (unpaired) electrons. The highest BCUT2D eigenvalue weighted by molar-refractivity contribution is 6.30. The van der Waals surface area contributed by atoms with Crippen LogP contribution in [0.3, 0.4) is 0 Å². The number of halogens is 2. The summed E-state index contributed by atoms with van der Waals surface area (Å²) in [4.78, 5) is 25.3. The molecule has 0 amide bonds. The minimum absolute atomic E-state index is 0.000237. The van der Waals surface area contributed by atoms with Crippen molar-refractivity contribution in [3.05, 3.63) is 74.6 Å². The summed E-state index contributed by atoms with van der Waals surface area (Å²) in [5.74, 6) is 0.604. The Morgan fingerprint density at radius 1 is 1.00 bits per heavy atom. The van der Waals surface area contributed by atoms with Crippen LogP contribution < -0.4 is 5.69 Å². The molecule has 0 N–H and O–H groups in total. The van der Waals surface area contributed by atoms with Gasteiger partial charge in [0.05, 0.1) is 0 Å². The summed E-state index contributed by atoms with van der Waals surface area (Å²) in [6, 6.07) is 15.0. The minimum Gasteiger partial charge on any atom is -0.298 e. The number of benzene rings is 2. The van der Waals surface area contributed by atoms with E-state index in [-0.39, 0.29) is 24.1 Å². The monoisotopic (exact) mass is 429 g/mol. The van der Waals surface area contributed by atoms with Crippen molar-refractivity contribution >= 4 is 29.0 Å². The van der Waals surface area contributed by atoms with Crippen LogP contribution >= 0.6 is 23.2 Å². The summed E-state index contributed by atoms with van der Waals surface area (Å²) in [5.41, 5.74) is 1.75. The number of carbonyl (C=O) groups is 1. The van der Waals surface area contributed by atoms with Crippen LogP contribution in [0.25, 0.3) is 11.4 Å². The number of hydrogen-bond donors (Lipinski definition) is 0. The summed E-state index contributed by atoms with van der Waals surface area (Å²) in [6.45, 7) is -0.000237. The summed E-state index contributed by atoms with van der Waals surface area (Å²) in [5, 5.41) is 5.81. The molecule has 1 aliphatic carbocycles. The zero-order chi connectivity index (χ0) is 20.4. The first-order valence-electron chi connectivity index (χ1n) is 9.72. The minimum atomic E-state index is -0.219. The second-order valence-electron chi connectivity index (χ2n) is 7.39. The average Bonchev–Trinajstić information content (AvgIpc) is 3.49. The summed E-state index contributed by atoms with van der Waals surface area (Å²) < 4.78 is 3.01. The Labute approximate surface area is 178 Å². The van der Waals surface area contributed by atoms with Gasteiger partial charge in [-0.1, -0.05) is 35.3 Å². The van der Waals surface area contributed by atoms with Gasteiger partial charge >= 0.3 is 5.69 Å². The first-order valence-corrected chi connectivity index (χ1v) is 10.5. The van der Waals surface area contributed by atoms with E-state index in [1.54, 1.807) is 16.7 Å². The van der Waals surface area contributed by atoms with Gasteiger partial charge in [-0.15, -0.1) is 5.10 Å². The molecule has 0 atom stereocenters. The third kappa shape index (κ3) is 4.80. The Hall–Kier alpha value is -2.37. The lowest BCUT2D eigenvalue weighted by Gasteiger charge is -2.03. The van der Waals surface area contributed by atoms with Crippen molar-refractivity contribution in [1.29, 1.82) is 0 Å². The summed E-state index contributed by atoms with van der Waals surface area (Å²) >= 11 is 11.9. The highest BCUT2D eigenvalue weighted by atomic mass is 35.5. The molecule has 7 heteroatoms. The lowest BCUT2D eigenvalue weighted by Crippen LogP contribution is -2.27. The van der Waals surface area contributed by atoms with E-state index in [1.165, 1.54) is 4.68 Å². The van der Waals surface area contributed by atoms with E-state index < -0.39 is 0 Å². The van der Waals surface area contributed by atoms with Crippen molar-refractivity contribution in [2.24, 2.45) is 0 Å². The molecular weight excluding hydrogens is 409 g/mol. The average molecular weight is 430 g/mol. The molecule has 0 aliphatic heterocycles. The van der Waals surface area contributed by atoms with Crippen LogP contribution in [-0.2, 0) is 17.8 Å². The van der Waals surface area contributed by atoms with Crippen molar-refractivity contribution in [1.82, 2.24) is 14.3 Å². The van der Waals surface area contributed by atoms with E-state index in [1.807, 2.05) is 36.4 Å². The van der Waals surface area contributed by atoms with E-state index in [4.69, 9.17) is 23.2 Å². The molecule has 1 aliphatic rings. The first kappa shape index (κ1) is 19.9. The zero-order valence-electron chi connectivity index (χ0n) is 15.9. The van der Waals surface area contributed by atoms with Gasteiger partial charge in [-0.3, -0.25) is 9.36 Å². The maximum atomic E-state index is 12.8. The summed E-state index contributed by atoms with van der Waals surface area (Å²) in [7, 11) is 0. The fourth-order valence-corrected chi connectivity index (χ4v) is 3.62. The third-order valence-corrected chi connectivity index (χ3v) is 5.55. The number of aromatic nitrogens is 3. The van der Waals surface area contributed by atoms with E-state index in [2.05, 4.69) is 5.10 Å². The molecule has 1 saturated carbocycles. The number of hydrogen-bond acceptors (Lipinski definition) is 3. The molecular formula is C22H21Cl2N3O2. The van der Waals surface area contributed by atoms with Crippen molar-refractivity contribution in [2.45, 2.75) is 44.7 Å². The zero-order valence-corrected chi connectivity index (χ0v) is 17.4.